The van der Waals surface area contributed by atoms with E-state index in [1.54, 1.807) is 0 Å². The lowest BCUT2D eigenvalue weighted by Gasteiger charge is -2.32. The van der Waals surface area contributed by atoms with Crippen LogP contribution in [-0.2, 0) is 18.6 Å². The molecule has 17 heavy (non-hydrogen) atoms. The van der Waals surface area contributed by atoms with E-state index in [0.29, 0.717) is 26.4 Å². The van der Waals surface area contributed by atoms with E-state index in [4.69, 9.17) is 24.4 Å². The maximum atomic E-state index is 5.67. The monoisotopic (exact) mass is 265 g/mol. The van der Waals surface area contributed by atoms with Crippen LogP contribution in [-0.4, -0.2) is 48.7 Å². The van der Waals surface area contributed by atoms with Crippen molar-refractivity contribution in [1.29, 1.82) is 0 Å². The largest absolute Gasteiger partial charge is 0.416 e. The standard InChI is InChI=1S/C11H27NO4Si/c1-4-13-11(14-5-2,15-6-3)10-16-17-9-7-8-12/h4-10,12,17H2,1-3H3. The van der Waals surface area contributed by atoms with Gasteiger partial charge in [0, 0.05) is 19.8 Å². The molecule has 0 atom stereocenters. The van der Waals surface area contributed by atoms with Crippen LogP contribution in [0.25, 0.3) is 0 Å². The van der Waals surface area contributed by atoms with E-state index in [0.717, 1.165) is 19.0 Å². The molecule has 104 valence electrons. The fourth-order valence-corrected chi connectivity index (χ4v) is 2.55. The van der Waals surface area contributed by atoms with Gasteiger partial charge in [-0.1, -0.05) is 0 Å². The van der Waals surface area contributed by atoms with Crippen molar-refractivity contribution in [3.05, 3.63) is 0 Å². The molecule has 0 aliphatic heterocycles. The second kappa shape index (κ2) is 11.1. The number of nitrogens with two attached hydrogens (primary N) is 1. The van der Waals surface area contributed by atoms with Crippen molar-refractivity contribution in [3.63, 3.8) is 0 Å². The van der Waals surface area contributed by atoms with E-state index in [2.05, 4.69) is 0 Å². The molecule has 0 aromatic carbocycles. The Kier molecular flexibility index (Phi) is 11.1. The molecule has 0 saturated heterocycles. The Labute approximate surface area is 107 Å². The highest BCUT2D eigenvalue weighted by Gasteiger charge is 2.32. The van der Waals surface area contributed by atoms with Crippen molar-refractivity contribution in [1.82, 2.24) is 0 Å². The first-order chi connectivity index (χ1) is 8.24. The molecule has 0 spiro atoms. The van der Waals surface area contributed by atoms with Crippen LogP contribution in [0.15, 0.2) is 0 Å². The number of ether oxygens (including phenoxy) is 3. The van der Waals surface area contributed by atoms with Crippen LogP contribution in [0.3, 0.4) is 0 Å². The van der Waals surface area contributed by atoms with Crippen molar-refractivity contribution in [2.75, 3.05) is 33.0 Å². The summed E-state index contributed by atoms with van der Waals surface area (Å²) in [5.74, 6) is -1.02. The van der Waals surface area contributed by atoms with E-state index < -0.39 is 15.7 Å². The highest BCUT2D eigenvalue weighted by atomic mass is 28.2. The average molecular weight is 265 g/mol. The van der Waals surface area contributed by atoms with Gasteiger partial charge in [-0.05, 0) is 39.8 Å². The van der Waals surface area contributed by atoms with Crippen molar-refractivity contribution in [2.24, 2.45) is 5.73 Å². The molecule has 0 fully saturated rings. The van der Waals surface area contributed by atoms with E-state index in [1.807, 2.05) is 20.8 Å². The van der Waals surface area contributed by atoms with Crippen LogP contribution in [0.2, 0.25) is 6.04 Å². The summed E-state index contributed by atoms with van der Waals surface area (Å²) in [6.07, 6.45) is 1.02. The highest BCUT2D eigenvalue weighted by molar-refractivity contribution is 6.26. The zero-order valence-electron chi connectivity index (χ0n) is 11.4. The van der Waals surface area contributed by atoms with E-state index >= 15 is 0 Å². The molecule has 0 aromatic heterocycles. The normalized spacial score (nSPS) is 12.7. The van der Waals surface area contributed by atoms with E-state index in [9.17, 15) is 0 Å². The quantitative estimate of drug-likeness (QED) is 0.318. The molecule has 0 aromatic rings. The van der Waals surface area contributed by atoms with Gasteiger partial charge in [0.1, 0.15) is 6.61 Å². The van der Waals surface area contributed by atoms with Gasteiger partial charge in [-0.2, -0.15) is 0 Å². The van der Waals surface area contributed by atoms with Crippen molar-refractivity contribution in [3.8, 4) is 0 Å². The molecule has 0 unspecified atom stereocenters. The van der Waals surface area contributed by atoms with Gasteiger partial charge in [-0.15, -0.1) is 0 Å². The summed E-state index contributed by atoms with van der Waals surface area (Å²) in [7, 11) is -0.550. The minimum absolute atomic E-state index is 0.347. The summed E-state index contributed by atoms with van der Waals surface area (Å²) in [6, 6.07) is 1.08. The lowest BCUT2D eigenvalue weighted by molar-refractivity contribution is -0.385. The molecule has 0 amide bonds. The molecule has 2 N–H and O–H groups in total. The summed E-state index contributed by atoms with van der Waals surface area (Å²) in [6.45, 7) is 8.42. The SMILES string of the molecule is CCOC(CO[SiH2]CCCN)(OCC)OCC. The van der Waals surface area contributed by atoms with Crippen LogP contribution in [0.4, 0.5) is 0 Å². The molecule has 0 heterocycles. The lowest BCUT2D eigenvalue weighted by atomic mass is 10.5. The Bertz CT molecular complexity index is 155. The second-order valence-corrected chi connectivity index (χ2v) is 5.05. The molecule has 0 aliphatic carbocycles. The first-order valence-corrected chi connectivity index (χ1v) is 8.02. The zero-order valence-corrected chi connectivity index (χ0v) is 12.8. The van der Waals surface area contributed by atoms with Crippen molar-refractivity contribution < 1.29 is 18.6 Å². The van der Waals surface area contributed by atoms with E-state index in [-0.39, 0.29) is 0 Å². The fourth-order valence-electron chi connectivity index (χ4n) is 1.46. The number of hydrogen-bond donors (Lipinski definition) is 1. The number of rotatable bonds is 12. The first kappa shape index (κ1) is 17.0. The van der Waals surface area contributed by atoms with Gasteiger partial charge in [-0.3, -0.25) is 0 Å². The summed E-state index contributed by atoms with van der Waals surface area (Å²) in [5.41, 5.74) is 5.43. The van der Waals surface area contributed by atoms with Gasteiger partial charge in [0.15, 0.2) is 9.76 Å². The maximum absolute atomic E-state index is 5.67. The van der Waals surface area contributed by atoms with Gasteiger partial charge >= 0.3 is 5.97 Å². The topological polar surface area (TPSA) is 62.9 Å². The molecule has 5 nitrogen and oxygen atoms in total. The first-order valence-electron chi connectivity index (χ1n) is 6.44. The van der Waals surface area contributed by atoms with Crippen LogP contribution in [0.5, 0.6) is 0 Å². The smallest absolute Gasteiger partial charge is 0.306 e. The Morgan fingerprint density at radius 2 is 1.53 bits per heavy atom. The Balaban J connectivity index is 4.05. The van der Waals surface area contributed by atoms with Crippen molar-refractivity contribution in [2.45, 2.75) is 39.2 Å². The number of hydrogen-bond acceptors (Lipinski definition) is 5. The Hall–Kier alpha value is 0.0169. The Morgan fingerprint density at radius 3 is 1.94 bits per heavy atom. The average Bonchev–Trinajstić information content (AvgIpc) is 2.30. The molecule has 0 rings (SSSR count). The summed E-state index contributed by atoms with van der Waals surface area (Å²) >= 11 is 0. The highest BCUT2D eigenvalue weighted by Crippen LogP contribution is 2.16. The minimum Gasteiger partial charge on any atom is -0.416 e. The minimum atomic E-state index is -1.02. The molecule has 0 bridgehead atoms. The Morgan fingerprint density at radius 1 is 1.00 bits per heavy atom. The van der Waals surface area contributed by atoms with Gasteiger partial charge < -0.3 is 24.4 Å². The lowest BCUT2D eigenvalue weighted by Crippen LogP contribution is -2.44. The molecular weight excluding hydrogens is 238 g/mol. The van der Waals surface area contributed by atoms with Crippen LogP contribution in [0, 0.1) is 0 Å². The summed E-state index contributed by atoms with van der Waals surface area (Å²) in [4.78, 5) is 0. The van der Waals surface area contributed by atoms with Gasteiger partial charge in [0.2, 0.25) is 0 Å². The third-order valence-electron chi connectivity index (χ3n) is 2.11. The van der Waals surface area contributed by atoms with E-state index in [1.165, 1.54) is 0 Å². The molecular formula is C11H27NO4Si. The predicted octanol–water partition coefficient (Wildman–Crippen LogP) is 0.617. The third-order valence-corrected chi connectivity index (χ3v) is 3.40. The van der Waals surface area contributed by atoms with Crippen molar-refractivity contribution >= 4 is 9.76 Å². The third kappa shape index (κ3) is 7.85. The van der Waals surface area contributed by atoms with Crippen LogP contribution in [0.1, 0.15) is 27.2 Å². The molecule has 0 saturated carbocycles. The summed E-state index contributed by atoms with van der Waals surface area (Å²) in [5, 5.41) is 0. The maximum Gasteiger partial charge on any atom is 0.306 e. The van der Waals surface area contributed by atoms with Crippen LogP contribution < -0.4 is 5.73 Å². The van der Waals surface area contributed by atoms with Gasteiger partial charge in [-0.25, -0.2) is 0 Å². The predicted molar refractivity (Wildman–Crippen MR) is 70.6 cm³/mol. The van der Waals surface area contributed by atoms with Gasteiger partial charge in [0.05, 0.1) is 0 Å². The molecule has 0 radical (unpaired) electrons. The zero-order chi connectivity index (χ0) is 13.0. The summed E-state index contributed by atoms with van der Waals surface area (Å²) < 4.78 is 22.3. The van der Waals surface area contributed by atoms with Crippen LogP contribution >= 0.6 is 0 Å². The molecule has 0 aliphatic rings. The second-order valence-electron chi connectivity index (χ2n) is 3.53. The molecule has 6 heteroatoms. The fraction of sp³-hybridized carbons (Fsp3) is 1.00. The van der Waals surface area contributed by atoms with Gasteiger partial charge in [0.25, 0.3) is 0 Å².